The molecule has 14 heavy (non-hydrogen) atoms. The smallest absolute Gasteiger partial charge is 0.364 e. The van der Waals surface area contributed by atoms with E-state index in [1.54, 1.807) is 13.8 Å². The maximum atomic E-state index is 10.8. The summed E-state index contributed by atoms with van der Waals surface area (Å²) in [7, 11) is 0. The molecular formula is C7H10N4O3. The Morgan fingerprint density at radius 1 is 1.57 bits per heavy atom. The van der Waals surface area contributed by atoms with Crippen LogP contribution in [-0.2, 0) is 9.63 Å². The van der Waals surface area contributed by atoms with Gasteiger partial charge in [-0.2, -0.15) is 5.26 Å². The molecule has 0 radical (unpaired) electrons. The fourth-order valence-corrected chi connectivity index (χ4v) is 0.470. The maximum absolute atomic E-state index is 10.8. The van der Waals surface area contributed by atoms with Gasteiger partial charge in [-0.3, -0.25) is 9.63 Å². The molecule has 7 nitrogen and oxygen atoms in total. The molecule has 0 aliphatic rings. The van der Waals surface area contributed by atoms with Crippen molar-refractivity contribution in [1.82, 2.24) is 5.32 Å². The molecule has 0 aromatic rings. The molecule has 76 valence electrons. The first-order valence-corrected chi connectivity index (χ1v) is 3.72. The zero-order valence-electron chi connectivity index (χ0n) is 7.77. The van der Waals surface area contributed by atoms with Crippen molar-refractivity contribution >= 4 is 17.7 Å². The van der Waals surface area contributed by atoms with Crippen molar-refractivity contribution in [2.75, 3.05) is 0 Å². The van der Waals surface area contributed by atoms with Crippen LogP contribution in [0.2, 0.25) is 0 Å². The molecular weight excluding hydrogens is 188 g/mol. The number of nitriles is 1. The third-order valence-electron chi connectivity index (χ3n) is 0.966. The standard InChI is InChI=1S/C7H10N4O3/c1-4(2)10-7(13)14-11-5(3-8)6(9)12/h4H,1-2H3,(H2,9,12)(H,10,13). The lowest BCUT2D eigenvalue weighted by atomic mass is 10.4. The molecule has 0 saturated carbocycles. The number of nitrogens with zero attached hydrogens (tertiary/aromatic N) is 2. The van der Waals surface area contributed by atoms with Crippen molar-refractivity contribution in [2.45, 2.75) is 19.9 Å². The van der Waals surface area contributed by atoms with Gasteiger partial charge in [0.15, 0.2) is 0 Å². The third-order valence-corrected chi connectivity index (χ3v) is 0.966. The number of carbonyl (C=O) groups excluding carboxylic acids is 2. The van der Waals surface area contributed by atoms with Crippen molar-refractivity contribution in [1.29, 1.82) is 5.26 Å². The monoisotopic (exact) mass is 198 g/mol. The molecule has 7 heteroatoms. The third kappa shape index (κ3) is 4.71. The summed E-state index contributed by atoms with van der Waals surface area (Å²) in [5.41, 5.74) is 4.07. The lowest BCUT2D eigenvalue weighted by Crippen LogP contribution is -2.30. The minimum absolute atomic E-state index is 0.128. The fraction of sp³-hybridized carbons (Fsp3) is 0.429. The van der Waals surface area contributed by atoms with Gasteiger partial charge in [-0.15, -0.1) is 0 Å². The highest BCUT2D eigenvalue weighted by atomic mass is 16.7. The zero-order chi connectivity index (χ0) is 11.1. The molecule has 0 fully saturated rings. The summed E-state index contributed by atoms with van der Waals surface area (Å²) in [4.78, 5) is 25.4. The summed E-state index contributed by atoms with van der Waals surface area (Å²) >= 11 is 0. The topological polar surface area (TPSA) is 118 Å². The molecule has 0 aromatic carbocycles. The Hall–Kier alpha value is -2.10. The van der Waals surface area contributed by atoms with E-state index in [4.69, 9.17) is 11.0 Å². The first-order valence-electron chi connectivity index (χ1n) is 3.72. The predicted octanol–water partition coefficient (Wildman–Crippen LogP) is -0.514. The average molecular weight is 198 g/mol. The van der Waals surface area contributed by atoms with Crippen molar-refractivity contribution in [3.63, 3.8) is 0 Å². The molecule has 0 bridgehead atoms. The number of nitrogens with two attached hydrogens (primary N) is 1. The van der Waals surface area contributed by atoms with E-state index in [2.05, 4.69) is 15.3 Å². The average Bonchev–Trinajstić information content (AvgIpc) is 2.03. The summed E-state index contributed by atoms with van der Waals surface area (Å²) in [6.45, 7) is 3.43. The quantitative estimate of drug-likeness (QED) is 0.360. The van der Waals surface area contributed by atoms with Gasteiger partial charge in [0.2, 0.25) is 5.71 Å². The zero-order valence-corrected chi connectivity index (χ0v) is 7.77. The van der Waals surface area contributed by atoms with E-state index in [-0.39, 0.29) is 6.04 Å². The molecule has 0 unspecified atom stereocenters. The van der Waals surface area contributed by atoms with Crippen LogP contribution < -0.4 is 11.1 Å². The Morgan fingerprint density at radius 3 is 2.50 bits per heavy atom. The van der Waals surface area contributed by atoms with Crippen LogP contribution in [0.1, 0.15) is 13.8 Å². The SMILES string of the molecule is CC(C)NC(=O)ON=C(C#N)C(N)=O. The molecule has 2 amide bonds. The van der Waals surface area contributed by atoms with Crippen molar-refractivity contribution < 1.29 is 14.4 Å². The molecule has 0 rings (SSSR count). The molecule has 0 atom stereocenters. The summed E-state index contributed by atoms with van der Waals surface area (Å²) in [5.74, 6) is -1.05. The largest absolute Gasteiger partial charge is 0.433 e. The first kappa shape index (κ1) is 11.9. The van der Waals surface area contributed by atoms with Crippen LogP contribution in [0.5, 0.6) is 0 Å². The van der Waals surface area contributed by atoms with Crippen LogP contribution in [-0.4, -0.2) is 23.8 Å². The summed E-state index contributed by atoms with van der Waals surface area (Å²) in [6.07, 6.45) is -0.853. The summed E-state index contributed by atoms with van der Waals surface area (Å²) in [6, 6.07) is 1.25. The van der Waals surface area contributed by atoms with Crippen LogP contribution in [0.4, 0.5) is 4.79 Å². The molecule has 3 N–H and O–H groups in total. The summed E-state index contributed by atoms with van der Waals surface area (Å²) in [5, 5.41) is 13.6. The van der Waals surface area contributed by atoms with Crippen LogP contribution in [0.25, 0.3) is 0 Å². The van der Waals surface area contributed by atoms with Gasteiger partial charge in [0, 0.05) is 6.04 Å². The highest BCUT2D eigenvalue weighted by Crippen LogP contribution is 1.85. The number of rotatable bonds is 3. The van der Waals surface area contributed by atoms with E-state index in [9.17, 15) is 9.59 Å². The number of carbonyl (C=O) groups is 2. The van der Waals surface area contributed by atoms with Crippen LogP contribution in [0.15, 0.2) is 5.16 Å². The molecule has 0 spiro atoms. The van der Waals surface area contributed by atoms with Crippen molar-refractivity contribution in [2.24, 2.45) is 10.9 Å². The van der Waals surface area contributed by atoms with E-state index >= 15 is 0 Å². The Balaban J connectivity index is 4.21. The number of amides is 2. The number of hydrogen-bond donors (Lipinski definition) is 2. The Morgan fingerprint density at radius 2 is 2.14 bits per heavy atom. The molecule has 0 aliphatic carbocycles. The van der Waals surface area contributed by atoms with Gasteiger partial charge in [0.05, 0.1) is 0 Å². The minimum atomic E-state index is -1.05. The number of oxime groups is 1. The van der Waals surface area contributed by atoms with Gasteiger partial charge in [-0.1, -0.05) is 5.16 Å². The number of primary amides is 1. The summed E-state index contributed by atoms with van der Waals surface area (Å²) < 4.78 is 0. The number of nitrogens with one attached hydrogen (secondary N) is 1. The van der Waals surface area contributed by atoms with Crippen molar-refractivity contribution in [3.05, 3.63) is 0 Å². The number of hydrogen-bond acceptors (Lipinski definition) is 5. The van der Waals surface area contributed by atoms with Crippen LogP contribution in [0.3, 0.4) is 0 Å². The molecule has 0 heterocycles. The van der Waals surface area contributed by atoms with Gasteiger partial charge >= 0.3 is 6.09 Å². The van der Waals surface area contributed by atoms with Gasteiger partial charge in [0.1, 0.15) is 6.07 Å². The Bertz CT molecular complexity index is 303. The lowest BCUT2D eigenvalue weighted by molar-refractivity contribution is -0.112. The van der Waals surface area contributed by atoms with E-state index in [1.165, 1.54) is 6.07 Å². The molecule has 0 aromatic heterocycles. The predicted molar refractivity (Wildman–Crippen MR) is 47.0 cm³/mol. The van der Waals surface area contributed by atoms with Gasteiger partial charge in [-0.25, -0.2) is 4.79 Å². The van der Waals surface area contributed by atoms with Crippen LogP contribution in [0, 0.1) is 11.3 Å². The molecule has 0 saturated heterocycles. The maximum Gasteiger partial charge on any atom is 0.433 e. The normalized spacial score (nSPS) is 10.6. The van der Waals surface area contributed by atoms with E-state index in [0.717, 1.165) is 0 Å². The van der Waals surface area contributed by atoms with Crippen molar-refractivity contribution in [3.8, 4) is 6.07 Å². The Kier molecular flexibility index (Phi) is 4.70. The highest BCUT2D eigenvalue weighted by Gasteiger charge is 2.08. The van der Waals surface area contributed by atoms with Crippen LogP contribution >= 0.6 is 0 Å². The second-order valence-electron chi connectivity index (χ2n) is 2.59. The fourth-order valence-electron chi connectivity index (χ4n) is 0.470. The van der Waals surface area contributed by atoms with Gasteiger partial charge in [-0.05, 0) is 13.8 Å². The minimum Gasteiger partial charge on any atom is -0.364 e. The second kappa shape index (κ2) is 5.53. The lowest BCUT2D eigenvalue weighted by Gasteiger charge is -2.04. The highest BCUT2D eigenvalue weighted by molar-refractivity contribution is 6.44. The van der Waals surface area contributed by atoms with E-state index in [0.29, 0.717) is 0 Å². The second-order valence-corrected chi connectivity index (χ2v) is 2.59. The van der Waals surface area contributed by atoms with E-state index < -0.39 is 17.7 Å². The Labute approximate surface area is 80.5 Å². The van der Waals surface area contributed by atoms with Gasteiger partial charge in [0.25, 0.3) is 5.91 Å². The van der Waals surface area contributed by atoms with Gasteiger partial charge < -0.3 is 11.1 Å². The molecule has 0 aliphatic heterocycles. The van der Waals surface area contributed by atoms with E-state index in [1.807, 2.05) is 0 Å². The first-order chi connectivity index (χ1) is 6.47.